The molecule has 0 spiro atoms. The van der Waals surface area contributed by atoms with Crippen LogP contribution < -0.4 is 31.1 Å². The Bertz CT molecular complexity index is 3640. The lowest BCUT2D eigenvalue weighted by atomic mass is 9.33. The van der Waals surface area contributed by atoms with Gasteiger partial charge in [-0.15, -0.1) is 22.7 Å². The summed E-state index contributed by atoms with van der Waals surface area (Å²) < 4.78 is 5.29. The van der Waals surface area contributed by atoms with Gasteiger partial charge in [-0.2, -0.15) is 0 Å². The summed E-state index contributed by atoms with van der Waals surface area (Å²) in [6.07, 6.45) is 4.80. The number of benzene rings is 8. The van der Waals surface area contributed by atoms with Gasteiger partial charge in [-0.25, -0.2) is 0 Å². The van der Waals surface area contributed by atoms with Crippen molar-refractivity contribution in [1.29, 1.82) is 0 Å². The molecule has 0 bridgehead atoms. The molecule has 1 aliphatic carbocycles. The molecule has 2 atom stereocenters. The van der Waals surface area contributed by atoms with E-state index in [0.29, 0.717) is 0 Å². The molecule has 6 heteroatoms. The van der Waals surface area contributed by atoms with Crippen molar-refractivity contribution < 1.29 is 0 Å². The van der Waals surface area contributed by atoms with Gasteiger partial charge in [0.15, 0.2) is 0 Å². The van der Waals surface area contributed by atoms with Gasteiger partial charge in [-0.1, -0.05) is 164 Å². The highest BCUT2D eigenvalue weighted by atomic mass is 32.1. The number of anilines is 8. The Labute approximate surface area is 421 Å². The van der Waals surface area contributed by atoms with Gasteiger partial charge in [-0.05, 0) is 118 Å². The lowest BCUT2D eigenvalue weighted by molar-refractivity contribution is 0.195. The summed E-state index contributed by atoms with van der Waals surface area (Å²) in [7, 11) is 0. The summed E-state index contributed by atoms with van der Waals surface area (Å²) in [6, 6.07) is 61.6. The SMILES string of the molecule is CC(C)(C)c1ccc2c(c1)B1c3cc(C(C)(C)C)ccc3N(c3cccc4c3sc3ccccc34)c3cc(N4c5ccccc5C5(C)CCCCC45C)cc(c31)N2c1cccc2c1sc1ccccc12. The molecular weight excluding hydrogens is 886 g/mol. The first-order chi connectivity index (χ1) is 33.7. The lowest BCUT2D eigenvalue weighted by Crippen LogP contribution is -2.62. The molecule has 344 valence electrons. The molecule has 0 saturated heterocycles. The second kappa shape index (κ2) is 14.6. The number of rotatable bonds is 3. The highest BCUT2D eigenvalue weighted by molar-refractivity contribution is 7.27. The van der Waals surface area contributed by atoms with Gasteiger partial charge >= 0.3 is 0 Å². The minimum absolute atomic E-state index is 0.00807. The van der Waals surface area contributed by atoms with Crippen molar-refractivity contribution in [2.24, 2.45) is 0 Å². The van der Waals surface area contributed by atoms with Gasteiger partial charge in [0.1, 0.15) is 0 Å². The zero-order valence-electron chi connectivity index (χ0n) is 41.6. The maximum Gasteiger partial charge on any atom is 0.252 e. The van der Waals surface area contributed by atoms with Gasteiger partial charge in [0.05, 0.1) is 26.3 Å². The fourth-order valence-electron chi connectivity index (χ4n) is 13.5. The molecule has 2 aromatic heterocycles. The van der Waals surface area contributed by atoms with Gasteiger partial charge < -0.3 is 14.7 Å². The van der Waals surface area contributed by atoms with Crippen molar-refractivity contribution in [3.63, 3.8) is 0 Å². The molecule has 3 aliphatic heterocycles. The Balaban J connectivity index is 1.15. The quantitative estimate of drug-likeness (QED) is 0.163. The van der Waals surface area contributed by atoms with Crippen LogP contribution in [0.4, 0.5) is 45.5 Å². The number of hydrogen-bond donors (Lipinski definition) is 0. The first-order valence-electron chi connectivity index (χ1n) is 25.5. The molecular formula is C64H58BN3S2. The molecule has 70 heavy (non-hydrogen) atoms. The lowest BCUT2D eigenvalue weighted by Gasteiger charge is -2.51. The summed E-state index contributed by atoms with van der Waals surface area (Å²) in [4.78, 5) is 8.19. The van der Waals surface area contributed by atoms with Gasteiger partial charge in [0, 0.05) is 70.5 Å². The summed E-state index contributed by atoms with van der Waals surface area (Å²) >= 11 is 3.86. The highest BCUT2D eigenvalue weighted by Gasteiger charge is 2.58. The van der Waals surface area contributed by atoms with Crippen LogP contribution in [0, 0.1) is 0 Å². The third-order valence-corrected chi connectivity index (χ3v) is 19.7. The maximum absolute atomic E-state index is 2.81. The Morgan fingerprint density at radius 2 is 0.929 bits per heavy atom. The third-order valence-electron chi connectivity index (χ3n) is 17.3. The average Bonchev–Trinajstić information content (AvgIpc) is 3.99. The zero-order chi connectivity index (χ0) is 47.6. The molecule has 8 aromatic carbocycles. The molecule has 0 amide bonds. The number of nitrogens with zero attached hydrogens (tertiary/aromatic N) is 3. The fraction of sp³-hybridized carbons (Fsp3) is 0.250. The van der Waals surface area contributed by atoms with E-state index in [0.717, 1.165) is 6.42 Å². The smallest absolute Gasteiger partial charge is 0.252 e. The van der Waals surface area contributed by atoms with Gasteiger partial charge in [-0.3, -0.25) is 0 Å². The summed E-state index contributed by atoms with van der Waals surface area (Å²) in [5.41, 5.74) is 18.3. The summed E-state index contributed by atoms with van der Waals surface area (Å²) in [5, 5.41) is 5.27. The molecule has 1 saturated carbocycles. The van der Waals surface area contributed by atoms with Crippen LogP contribution in [-0.4, -0.2) is 12.3 Å². The van der Waals surface area contributed by atoms with E-state index in [1.807, 2.05) is 22.7 Å². The van der Waals surface area contributed by atoms with Crippen LogP contribution in [-0.2, 0) is 16.2 Å². The number of fused-ring (bicyclic) bond motifs is 13. The molecule has 10 aromatic rings. The summed E-state index contributed by atoms with van der Waals surface area (Å²) in [6.45, 7) is 19.3. The van der Waals surface area contributed by atoms with Crippen LogP contribution in [0.1, 0.15) is 97.8 Å². The number of hydrogen-bond acceptors (Lipinski definition) is 5. The van der Waals surface area contributed by atoms with Crippen molar-refractivity contribution in [1.82, 2.24) is 0 Å². The predicted octanol–water partition coefficient (Wildman–Crippen LogP) is 16.8. The van der Waals surface area contributed by atoms with Crippen LogP contribution in [0.2, 0.25) is 0 Å². The molecule has 1 fully saturated rings. The van der Waals surface area contributed by atoms with E-state index >= 15 is 0 Å². The van der Waals surface area contributed by atoms with Crippen LogP contribution >= 0.6 is 22.7 Å². The fourth-order valence-corrected chi connectivity index (χ4v) is 15.9. The first-order valence-corrected chi connectivity index (χ1v) is 27.1. The van der Waals surface area contributed by atoms with E-state index in [1.165, 1.54) is 138 Å². The van der Waals surface area contributed by atoms with E-state index in [1.54, 1.807) is 0 Å². The number of thiophene rings is 2. The van der Waals surface area contributed by atoms with Gasteiger partial charge in [0.2, 0.25) is 0 Å². The van der Waals surface area contributed by atoms with Crippen LogP contribution in [0.25, 0.3) is 40.3 Å². The monoisotopic (exact) mass is 943 g/mol. The third kappa shape index (κ3) is 5.75. The molecule has 3 nitrogen and oxygen atoms in total. The standard InChI is InChI=1S/C64H58BN3S2/c1-61(2,3)39-29-31-50-47(35-39)65-48-36-40(62(4,5)6)30-32-51(48)67(53-26-18-22-45-43-20-10-14-28-57(43)70-60(45)53)55-38-41(68-49-24-12-11-23-46(49)63(7)33-15-16-34-64(63,68)8)37-54(58(55)65)66(50)52-25-17-21-44-42-19-9-13-27-56(42)69-59(44)52/h9-14,17-32,35-38H,15-16,33-34H2,1-8H3. The minimum Gasteiger partial charge on any atom is -0.334 e. The Hall–Kier alpha value is -6.34. The summed E-state index contributed by atoms with van der Waals surface area (Å²) in [5.74, 6) is 0. The Morgan fingerprint density at radius 1 is 0.457 bits per heavy atom. The molecule has 5 heterocycles. The van der Waals surface area contributed by atoms with Crippen molar-refractivity contribution in [2.75, 3.05) is 14.7 Å². The first kappa shape index (κ1) is 42.5. The molecule has 14 rings (SSSR count). The van der Waals surface area contributed by atoms with Crippen molar-refractivity contribution >= 4 is 132 Å². The Morgan fingerprint density at radius 3 is 1.47 bits per heavy atom. The predicted molar refractivity (Wildman–Crippen MR) is 306 cm³/mol. The Kier molecular flexibility index (Phi) is 8.88. The average molecular weight is 944 g/mol. The highest BCUT2D eigenvalue weighted by Crippen LogP contribution is 2.62. The molecule has 0 N–H and O–H groups in total. The van der Waals surface area contributed by atoms with E-state index < -0.39 is 0 Å². The topological polar surface area (TPSA) is 9.72 Å². The van der Waals surface area contributed by atoms with Crippen molar-refractivity contribution in [2.45, 2.75) is 103 Å². The van der Waals surface area contributed by atoms with Crippen molar-refractivity contribution in [3.05, 3.63) is 174 Å². The maximum atomic E-state index is 2.81. The number of para-hydroxylation sites is 1. The van der Waals surface area contributed by atoms with E-state index in [-0.39, 0.29) is 28.5 Å². The normalized spacial score (nSPS) is 19.5. The zero-order valence-corrected chi connectivity index (χ0v) is 43.2. The van der Waals surface area contributed by atoms with Crippen LogP contribution in [0.3, 0.4) is 0 Å². The second-order valence-corrected chi connectivity index (χ2v) is 25.3. The molecule has 2 unspecified atom stereocenters. The van der Waals surface area contributed by atoms with Crippen molar-refractivity contribution in [3.8, 4) is 0 Å². The minimum atomic E-state index is -0.121. The largest absolute Gasteiger partial charge is 0.334 e. The molecule has 4 aliphatic rings. The van der Waals surface area contributed by atoms with E-state index in [2.05, 4.69) is 228 Å². The second-order valence-electron chi connectivity index (χ2n) is 23.2. The van der Waals surface area contributed by atoms with Crippen LogP contribution in [0.5, 0.6) is 0 Å². The van der Waals surface area contributed by atoms with E-state index in [4.69, 9.17) is 0 Å². The molecule has 0 radical (unpaired) electrons. The van der Waals surface area contributed by atoms with E-state index in [9.17, 15) is 0 Å². The van der Waals surface area contributed by atoms with Gasteiger partial charge in [0.25, 0.3) is 6.71 Å². The van der Waals surface area contributed by atoms with Crippen LogP contribution in [0.15, 0.2) is 158 Å².